The van der Waals surface area contributed by atoms with Crippen molar-refractivity contribution in [2.75, 3.05) is 10.6 Å². The van der Waals surface area contributed by atoms with Crippen molar-refractivity contribution in [2.45, 2.75) is 26.3 Å². The summed E-state index contributed by atoms with van der Waals surface area (Å²) in [4.78, 5) is 1.49. The van der Waals surface area contributed by atoms with Crippen LogP contribution in [0.5, 0.6) is 0 Å². The first-order valence-corrected chi connectivity index (χ1v) is 4.52. The van der Waals surface area contributed by atoms with Crippen molar-refractivity contribution in [3.63, 3.8) is 0 Å². The van der Waals surface area contributed by atoms with Crippen molar-refractivity contribution < 1.29 is 10.2 Å². The lowest BCUT2D eigenvalue weighted by Gasteiger charge is -2.30. The van der Waals surface area contributed by atoms with Crippen LogP contribution in [-0.2, 0) is 0 Å². The molecule has 0 aliphatic heterocycles. The van der Waals surface area contributed by atoms with Crippen molar-refractivity contribution >= 4 is 11.4 Å². The molecule has 1 aromatic rings. The Kier molecular flexibility index (Phi) is 3.33. The van der Waals surface area contributed by atoms with Gasteiger partial charge in [-0.15, -0.1) is 0 Å². The predicted molar refractivity (Wildman–Crippen MR) is 56.7 cm³/mol. The Balaban J connectivity index is 2.94. The molecular weight excluding hydrogens is 180 g/mol. The Morgan fingerprint density at radius 2 is 1.50 bits per heavy atom. The second-order valence-electron chi connectivity index (χ2n) is 3.26. The Morgan fingerprint density at radius 1 is 1.07 bits per heavy atom. The maximum absolute atomic E-state index is 9.44. The standard InChI is InChI=1S/C10H16N2O2/c1-7(13)12(8(2)14)10-5-3-9(11)4-6-10/h3-8,13-14H,11H2,1-2H3/t7-,8-/m1/s1. The number of hydrogen-bond acceptors (Lipinski definition) is 4. The fraction of sp³-hybridized carbons (Fsp3) is 0.400. The van der Waals surface area contributed by atoms with Crippen LogP contribution in [0.4, 0.5) is 11.4 Å². The smallest absolute Gasteiger partial charge is 0.126 e. The summed E-state index contributed by atoms with van der Waals surface area (Å²) in [5, 5.41) is 18.9. The van der Waals surface area contributed by atoms with Gasteiger partial charge in [0.2, 0.25) is 0 Å². The zero-order chi connectivity index (χ0) is 10.7. The molecule has 0 bridgehead atoms. The molecule has 1 rings (SSSR count). The molecule has 0 spiro atoms. The number of rotatable bonds is 3. The highest BCUT2D eigenvalue weighted by atomic mass is 16.3. The molecule has 0 aliphatic rings. The number of nitrogens with two attached hydrogens (primary N) is 1. The third-order valence-corrected chi connectivity index (χ3v) is 2.00. The molecule has 0 saturated heterocycles. The molecule has 1 aromatic carbocycles. The van der Waals surface area contributed by atoms with Crippen molar-refractivity contribution in [2.24, 2.45) is 0 Å². The van der Waals surface area contributed by atoms with E-state index in [1.807, 2.05) is 0 Å². The fourth-order valence-corrected chi connectivity index (χ4v) is 1.39. The molecule has 0 unspecified atom stereocenters. The van der Waals surface area contributed by atoms with Crippen LogP contribution in [0, 0.1) is 0 Å². The molecular formula is C10H16N2O2. The molecule has 14 heavy (non-hydrogen) atoms. The third-order valence-electron chi connectivity index (χ3n) is 2.00. The molecule has 4 heteroatoms. The highest BCUT2D eigenvalue weighted by Crippen LogP contribution is 2.19. The van der Waals surface area contributed by atoms with Crippen molar-refractivity contribution in [3.8, 4) is 0 Å². The summed E-state index contributed by atoms with van der Waals surface area (Å²) in [5.74, 6) is 0. The topological polar surface area (TPSA) is 69.7 Å². The minimum atomic E-state index is -0.737. The number of benzene rings is 1. The SMILES string of the molecule is C[C@@H](O)N(c1ccc(N)cc1)[C@@H](C)O. The maximum Gasteiger partial charge on any atom is 0.126 e. The number of aliphatic hydroxyl groups excluding tert-OH is 2. The Hall–Kier alpha value is -1.26. The Bertz CT molecular complexity index is 275. The van der Waals surface area contributed by atoms with Crippen LogP contribution in [0.25, 0.3) is 0 Å². The van der Waals surface area contributed by atoms with Gasteiger partial charge in [0.15, 0.2) is 0 Å². The summed E-state index contributed by atoms with van der Waals surface area (Å²) in [5.41, 5.74) is 6.93. The number of nitrogens with zero attached hydrogens (tertiary/aromatic N) is 1. The summed E-state index contributed by atoms with van der Waals surface area (Å²) in [7, 11) is 0. The van der Waals surface area contributed by atoms with Gasteiger partial charge in [-0.25, -0.2) is 0 Å². The van der Waals surface area contributed by atoms with E-state index < -0.39 is 12.5 Å². The molecule has 0 saturated carbocycles. The molecule has 4 nitrogen and oxygen atoms in total. The van der Waals surface area contributed by atoms with Crippen molar-refractivity contribution in [3.05, 3.63) is 24.3 Å². The monoisotopic (exact) mass is 196 g/mol. The lowest BCUT2D eigenvalue weighted by molar-refractivity contribution is 0.105. The van der Waals surface area contributed by atoms with Gasteiger partial charge in [0.05, 0.1) is 0 Å². The highest BCUT2D eigenvalue weighted by Gasteiger charge is 2.16. The first-order chi connectivity index (χ1) is 6.52. The fourth-order valence-electron chi connectivity index (χ4n) is 1.39. The normalized spacial score (nSPS) is 14.9. The van der Waals surface area contributed by atoms with E-state index in [9.17, 15) is 10.2 Å². The minimum absolute atomic E-state index is 0.657. The van der Waals surface area contributed by atoms with Crippen molar-refractivity contribution in [1.82, 2.24) is 0 Å². The van der Waals surface area contributed by atoms with Crippen LogP contribution >= 0.6 is 0 Å². The zero-order valence-corrected chi connectivity index (χ0v) is 8.38. The van der Waals surface area contributed by atoms with Crippen molar-refractivity contribution in [1.29, 1.82) is 0 Å². The van der Waals surface area contributed by atoms with Gasteiger partial charge in [-0.3, -0.25) is 0 Å². The summed E-state index contributed by atoms with van der Waals surface area (Å²) in [6.45, 7) is 3.20. The van der Waals surface area contributed by atoms with Crippen LogP contribution in [-0.4, -0.2) is 22.7 Å². The molecule has 2 atom stereocenters. The Morgan fingerprint density at radius 3 is 1.86 bits per heavy atom. The van der Waals surface area contributed by atoms with Gasteiger partial charge in [0, 0.05) is 11.4 Å². The first kappa shape index (κ1) is 10.8. The van der Waals surface area contributed by atoms with Crippen LogP contribution in [0.3, 0.4) is 0 Å². The molecule has 78 valence electrons. The third kappa shape index (κ3) is 2.37. The van der Waals surface area contributed by atoms with Gasteiger partial charge < -0.3 is 20.8 Å². The number of hydrogen-bond donors (Lipinski definition) is 3. The zero-order valence-electron chi connectivity index (χ0n) is 8.38. The van der Waals surface area contributed by atoms with Gasteiger partial charge >= 0.3 is 0 Å². The number of anilines is 2. The number of nitrogen functional groups attached to an aromatic ring is 1. The molecule has 4 N–H and O–H groups in total. The molecule has 0 radical (unpaired) electrons. The second-order valence-corrected chi connectivity index (χ2v) is 3.26. The molecule has 0 aromatic heterocycles. The van der Waals surface area contributed by atoms with E-state index in [2.05, 4.69) is 0 Å². The predicted octanol–water partition coefficient (Wildman–Crippen LogP) is 0.752. The highest BCUT2D eigenvalue weighted by molar-refractivity contribution is 5.53. The van der Waals surface area contributed by atoms with E-state index in [4.69, 9.17) is 5.73 Å². The lowest BCUT2D eigenvalue weighted by atomic mass is 10.2. The van der Waals surface area contributed by atoms with Gasteiger partial charge in [-0.05, 0) is 38.1 Å². The Labute approximate surface area is 83.6 Å². The average Bonchev–Trinajstić information content (AvgIpc) is 2.07. The van der Waals surface area contributed by atoms with Crippen LogP contribution in [0.1, 0.15) is 13.8 Å². The van der Waals surface area contributed by atoms with E-state index in [0.29, 0.717) is 5.69 Å². The number of aliphatic hydroxyl groups is 2. The quantitative estimate of drug-likeness (QED) is 0.493. The second kappa shape index (κ2) is 4.30. The van der Waals surface area contributed by atoms with E-state index in [-0.39, 0.29) is 0 Å². The average molecular weight is 196 g/mol. The van der Waals surface area contributed by atoms with Gasteiger partial charge in [-0.2, -0.15) is 0 Å². The van der Waals surface area contributed by atoms with Gasteiger partial charge in [0.1, 0.15) is 12.5 Å². The first-order valence-electron chi connectivity index (χ1n) is 4.52. The molecule has 0 aliphatic carbocycles. The maximum atomic E-state index is 9.44. The molecule has 0 heterocycles. The van der Waals surface area contributed by atoms with E-state index in [1.165, 1.54) is 4.90 Å². The van der Waals surface area contributed by atoms with Gasteiger partial charge in [0.25, 0.3) is 0 Å². The molecule has 0 amide bonds. The lowest BCUT2D eigenvalue weighted by Crippen LogP contribution is -2.40. The van der Waals surface area contributed by atoms with E-state index in [1.54, 1.807) is 38.1 Å². The summed E-state index contributed by atoms with van der Waals surface area (Å²) in [6.07, 6.45) is -1.47. The summed E-state index contributed by atoms with van der Waals surface area (Å²) < 4.78 is 0. The van der Waals surface area contributed by atoms with E-state index in [0.717, 1.165) is 5.69 Å². The largest absolute Gasteiger partial charge is 0.399 e. The van der Waals surface area contributed by atoms with Gasteiger partial charge in [-0.1, -0.05) is 0 Å². The van der Waals surface area contributed by atoms with Crippen LogP contribution < -0.4 is 10.6 Å². The van der Waals surface area contributed by atoms with Crippen LogP contribution in [0.15, 0.2) is 24.3 Å². The molecule has 0 fully saturated rings. The minimum Gasteiger partial charge on any atom is -0.399 e. The van der Waals surface area contributed by atoms with E-state index >= 15 is 0 Å². The van der Waals surface area contributed by atoms with Crippen LogP contribution in [0.2, 0.25) is 0 Å². The summed E-state index contributed by atoms with van der Waals surface area (Å²) >= 11 is 0. The summed E-state index contributed by atoms with van der Waals surface area (Å²) in [6, 6.07) is 6.98.